The van der Waals surface area contributed by atoms with E-state index in [4.69, 9.17) is 4.74 Å². The zero-order valence-corrected chi connectivity index (χ0v) is 10.6. The lowest BCUT2D eigenvalue weighted by Crippen LogP contribution is -2.35. The number of benzene rings is 1. The predicted octanol–water partition coefficient (Wildman–Crippen LogP) is 1.75. The molecule has 1 saturated heterocycles. The first-order valence-corrected chi connectivity index (χ1v) is 6.17. The highest BCUT2D eigenvalue weighted by molar-refractivity contribution is 5.26. The summed E-state index contributed by atoms with van der Waals surface area (Å²) in [6, 6.07) is 8.22. The Morgan fingerprint density at radius 3 is 2.29 bits per heavy atom. The van der Waals surface area contributed by atoms with E-state index in [9.17, 15) is 5.11 Å². The maximum absolute atomic E-state index is 9.87. The van der Waals surface area contributed by atoms with Crippen molar-refractivity contribution in [3.05, 3.63) is 35.4 Å². The smallest absolute Gasteiger partial charge is 0.0840 e. The van der Waals surface area contributed by atoms with Crippen molar-refractivity contribution in [1.82, 2.24) is 4.90 Å². The van der Waals surface area contributed by atoms with Gasteiger partial charge in [0.15, 0.2) is 0 Å². The molecule has 0 amide bonds. The quantitative estimate of drug-likeness (QED) is 0.866. The Kier molecular flexibility index (Phi) is 3.82. The molecule has 0 unspecified atom stereocenters. The van der Waals surface area contributed by atoms with Gasteiger partial charge in [0.25, 0.3) is 0 Å². The van der Waals surface area contributed by atoms with Crippen LogP contribution in [0.2, 0.25) is 0 Å². The maximum Gasteiger partial charge on any atom is 0.0840 e. The van der Waals surface area contributed by atoms with Crippen molar-refractivity contribution in [2.24, 2.45) is 0 Å². The molecule has 1 aliphatic rings. The van der Waals surface area contributed by atoms with Crippen LogP contribution in [0.1, 0.15) is 25.0 Å². The van der Waals surface area contributed by atoms with Gasteiger partial charge in [-0.15, -0.1) is 0 Å². The van der Waals surface area contributed by atoms with Crippen LogP contribution in [0.15, 0.2) is 24.3 Å². The molecule has 1 N–H and O–H groups in total. The lowest BCUT2D eigenvalue weighted by molar-refractivity contribution is 0.0341. The number of morpholine rings is 1. The van der Waals surface area contributed by atoms with Crippen molar-refractivity contribution in [2.45, 2.75) is 26.0 Å². The SMILES string of the molecule is CC(C)(O)c1ccc(CN2CCOCC2)cc1. The van der Waals surface area contributed by atoms with Gasteiger partial charge in [-0.1, -0.05) is 24.3 Å². The van der Waals surface area contributed by atoms with Crippen LogP contribution < -0.4 is 0 Å². The molecule has 1 aliphatic heterocycles. The molecule has 0 spiro atoms. The normalized spacial score (nSPS) is 18.3. The van der Waals surface area contributed by atoms with Crippen molar-refractivity contribution in [2.75, 3.05) is 26.3 Å². The number of hydrogen-bond donors (Lipinski definition) is 1. The predicted molar refractivity (Wildman–Crippen MR) is 67.8 cm³/mol. The summed E-state index contributed by atoms with van der Waals surface area (Å²) in [5.74, 6) is 0. The van der Waals surface area contributed by atoms with Crippen molar-refractivity contribution in [1.29, 1.82) is 0 Å². The molecule has 0 atom stereocenters. The maximum atomic E-state index is 9.87. The zero-order chi connectivity index (χ0) is 12.3. The van der Waals surface area contributed by atoms with Crippen LogP contribution in [0.25, 0.3) is 0 Å². The molecular formula is C14H21NO2. The van der Waals surface area contributed by atoms with Crippen LogP contribution in [0.3, 0.4) is 0 Å². The van der Waals surface area contributed by atoms with Gasteiger partial charge in [-0.05, 0) is 25.0 Å². The molecule has 1 heterocycles. The summed E-state index contributed by atoms with van der Waals surface area (Å²) in [5.41, 5.74) is 1.50. The molecule has 3 heteroatoms. The number of nitrogens with zero attached hydrogens (tertiary/aromatic N) is 1. The average molecular weight is 235 g/mol. The van der Waals surface area contributed by atoms with Crippen LogP contribution in [0.5, 0.6) is 0 Å². The molecule has 0 bridgehead atoms. The van der Waals surface area contributed by atoms with Gasteiger partial charge in [-0.2, -0.15) is 0 Å². The Balaban J connectivity index is 1.98. The summed E-state index contributed by atoms with van der Waals surface area (Å²) in [6.07, 6.45) is 0. The molecule has 0 aromatic heterocycles. The molecular weight excluding hydrogens is 214 g/mol. The van der Waals surface area contributed by atoms with Gasteiger partial charge in [0.2, 0.25) is 0 Å². The van der Waals surface area contributed by atoms with Crippen molar-refractivity contribution >= 4 is 0 Å². The zero-order valence-electron chi connectivity index (χ0n) is 10.6. The van der Waals surface area contributed by atoms with E-state index in [1.54, 1.807) is 0 Å². The van der Waals surface area contributed by atoms with Gasteiger partial charge in [0.1, 0.15) is 0 Å². The third-order valence-corrected chi connectivity index (χ3v) is 3.17. The Morgan fingerprint density at radius 2 is 1.76 bits per heavy atom. The van der Waals surface area contributed by atoms with Crippen LogP contribution in [0, 0.1) is 0 Å². The minimum absolute atomic E-state index is 0.752. The van der Waals surface area contributed by atoms with Gasteiger partial charge in [0.05, 0.1) is 18.8 Å². The van der Waals surface area contributed by atoms with E-state index < -0.39 is 5.60 Å². The average Bonchev–Trinajstić information content (AvgIpc) is 2.30. The number of aliphatic hydroxyl groups is 1. The summed E-state index contributed by atoms with van der Waals surface area (Å²) < 4.78 is 5.33. The first kappa shape index (κ1) is 12.6. The summed E-state index contributed by atoms with van der Waals surface area (Å²) in [5, 5.41) is 9.87. The molecule has 94 valence electrons. The van der Waals surface area contributed by atoms with E-state index in [0.717, 1.165) is 38.4 Å². The molecule has 1 aromatic carbocycles. The van der Waals surface area contributed by atoms with Gasteiger partial charge in [-0.3, -0.25) is 4.90 Å². The topological polar surface area (TPSA) is 32.7 Å². The van der Waals surface area contributed by atoms with Gasteiger partial charge >= 0.3 is 0 Å². The van der Waals surface area contributed by atoms with Gasteiger partial charge in [-0.25, -0.2) is 0 Å². The standard InChI is InChI=1S/C14H21NO2/c1-14(2,16)13-5-3-12(4-6-13)11-15-7-9-17-10-8-15/h3-6,16H,7-11H2,1-2H3. The largest absolute Gasteiger partial charge is 0.386 e. The summed E-state index contributed by atoms with van der Waals surface area (Å²) in [7, 11) is 0. The highest BCUT2D eigenvalue weighted by Gasteiger charge is 2.16. The number of ether oxygens (including phenoxy) is 1. The lowest BCUT2D eigenvalue weighted by Gasteiger charge is -2.26. The molecule has 17 heavy (non-hydrogen) atoms. The minimum atomic E-state index is -0.752. The Bertz CT molecular complexity index is 347. The van der Waals surface area contributed by atoms with Crippen LogP contribution in [-0.2, 0) is 16.9 Å². The first-order chi connectivity index (χ1) is 8.05. The van der Waals surface area contributed by atoms with E-state index in [1.165, 1.54) is 5.56 Å². The van der Waals surface area contributed by atoms with Gasteiger partial charge in [0, 0.05) is 19.6 Å². The molecule has 0 saturated carbocycles. The Morgan fingerprint density at radius 1 is 1.18 bits per heavy atom. The fourth-order valence-electron chi connectivity index (χ4n) is 2.04. The summed E-state index contributed by atoms with van der Waals surface area (Å²) in [4.78, 5) is 2.39. The van der Waals surface area contributed by atoms with E-state index in [0.29, 0.717) is 0 Å². The van der Waals surface area contributed by atoms with E-state index in [2.05, 4.69) is 17.0 Å². The highest BCUT2D eigenvalue weighted by Crippen LogP contribution is 2.20. The first-order valence-electron chi connectivity index (χ1n) is 6.17. The number of hydrogen-bond acceptors (Lipinski definition) is 3. The third-order valence-electron chi connectivity index (χ3n) is 3.17. The molecule has 1 aromatic rings. The fraction of sp³-hybridized carbons (Fsp3) is 0.571. The number of rotatable bonds is 3. The van der Waals surface area contributed by atoms with Crippen LogP contribution in [-0.4, -0.2) is 36.3 Å². The van der Waals surface area contributed by atoms with Gasteiger partial charge < -0.3 is 9.84 Å². The Labute approximate surface area is 103 Å². The fourth-order valence-corrected chi connectivity index (χ4v) is 2.04. The highest BCUT2D eigenvalue weighted by atomic mass is 16.5. The Hall–Kier alpha value is -0.900. The van der Waals surface area contributed by atoms with Crippen LogP contribution in [0.4, 0.5) is 0 Å². The van der Waals surface area contributed by atoms with Crippen molar-refractivity contribution in [3.8, 4) is 0 Å². The second-order valence-corrected chi connectivity index (χ2v) is 5.14. The van der Waals surface area contributed by atoms with E-state index >= 15 is 0 Å². The van der Waals surface area contributed by atoms with Crippen LogP contribution >= 0.6 is 0 Å². The van der Waals surface area contributed by atoms with Crippen molar-refractivity contribution < 1.29 is 9.84 Å². The molecule has 0 radical (unpaired) electrons. The molecule has 0 aliphatic carbocycles. The molecule has 2 rings (SSSR count). The molecule has 3 nitrogen and oxygen atoms in total. The second kappa shape index (κ2) is 5.17. The molecule has 1 fully saturated rings. The summed E-state index contributed by atoms with van der Waals surface area (Å²) in [6.45, 7) is 8.27. The van der Waals surface area contributed by atoms with E-state index in [-0.39, 0.29) is 0 Å². The van der Waals surface area contributed by atoms with E-state index in [1.807, 2.05) is 26.0 Å². The minimum Gasteiger partial charge on any atom is -0.386 e. The summed E-state index contributed by atoms with van der Waals surface area (Å²) >= 11 is 0. The second-order valence-electron chi connectivity index (χ2n) is 5.14. The monoisotopic (exact) mass is 235 g/mol. The lowest BCUT2D eigenvalue weighted by atomic mass is 9.97. The van der Waals surface area contributed by atoms with Crippen molar-refractivity contribution in [3.63, 3.8) is 0 Å². The third kappa shape index (κ3) is 3.53.